The van der Waals surface area contributed by atoms with E-state index in [1.807, 2.05) is 17.0 Å². The number of halogens is 1. The smallest absolute Gasteiger partial charge is 0.226 e. The Hall–Kier alpha value is -0.870. The van der Waals surface area contributed by atoms with E-state index in [1.54, 1.807) is 0 Å². The van der Waals surface area contributed by atoms with Gasteiger partial charge in [0, 0.05) is 29.5 Å². The first-order valence-corrected chi connectivity index (χ1v) is 9.09. The monoisotopic (exact) mass is 366 g/mol. The summed E-state index contributed by atoms with van der Waals surface area (Å²) in [5.41, 5.74) is 7.25. The van der Waals surface area contributed by atoms with E-state index in [9.17, 15) is 4.79 Å². The van der Waals surface area contributed by atoms with Gasteiger partial charge in [-0.15, -0.1) is 0 Å². The third-order valence-corrected chi connectivity index (χ3v) is 5.22. The molecule has 2 rings (SSSR count). The summed E-state index contributed by atoms with van der Waals surface area (Å²) in [7, 11) is 0. The van der Waals surface area contributed by atoms with Crippen LogP contribution in [0.2, 0.25) is 0 Å². The van der Waals surface area contributed by atoms with Crippen LogP contribution in [-0.4, -0.2) is 29.9 Å². The molecule has 1 fully saturated rings. The summed E-state index contributed by atoms with van der Waals surface area (Å²) in [6, 6.07) is 8.42. The maximum atomic E-state index is 12.9. The molecule has 3 atom stereocenters. The van der Waals surface area contributed by atoms with Gasteiger partial charge >= 0.3 is 0 Å². The number of amides is 1. The average molecular weight is 367 g/mol. The molecule has 4 heteroatoms. The number of hydrogen-bond acceptors (Lipinski definition) is 2. The maximum absolute atomic E-state index is 12.9. The molecule has 122 valence electrons. The van der Waals surface area contributed by atoms with Crippen LogP contribution in [-0.2, 0) is 11.2 Å². The fourth-order valence-electron chi connectivity index (χ4n) is 3.25. The van der Waals surface area contributed by atoms with E-state index < -0.39 is 0 Å². The van der Waals surface area contributed by atoms with Gasteiger partial charge in [-0.1, -0.05) is 35.0 Å². The van der Waals surface area contributed by atoms with Crippen molar-refractivity contribution in [2.75, 3.05) is 13.1 Å². The van der Waals surface area contributed by atoms with E-state index in [4.69, 9.17) is 5.73 Å². The van der Waals surface area contributed by atoms with Gasteiger partial charge in [-0.05, 0) is 56.2 Å². The second kappa shape index (κ2) is 8.11. The van der Waals surface area contributed by atoms with Crippen LogP contribution in [0.25, 0.3) is 0 Å². The Morgan fingerprint density at radius 2 is 2.27 bits per heavy atom. The van der Waals surface area contributed by atoms with Crippen LogP contribution in [0.1, 0.15) is 38.7 Å². The van der Waals surface area contributed by atoms with Gasteiger partial charge in [0.25, 0.3) is 0 Å². The Kier molecular flexibility index (Phi) is 6.45. The second-order valence-corrected chi connectivity index (χ2v) is 7.40. The van der Waals surface area contributed by atoms with Crippen molar-refractivity contribution >= 4 is 21.8 Å². The minimum Gasteiger partial charge on any atom is -0.342 e. The number of carbonyl (C=O) groups excluding carboxylic acids is 1. The third kappa shape index (κ3) is 4.56. The Morgan fingerprint density at radius 3 is 2.91 bits per heavy atom. The van der Waals surface area contributed by atoms with E-state index >= 15 is 0 Å². The molecule has 0 bridgehead atoms. The van der Waals surface area contributed by atoms with Gasteiger partial charge < -0.3 is 10.6 Å². The lowest BCUT2D eigenvalue weighted by molar-refractivity contribution is -0.137. The minimum absolute atomic E-state index is 0.0705. The van der Waals surface area contributed by atoms with Crippen LogP contribution in [0.5, 0.6) is 0 Å². The van der Waals surface area contributed by atoms with Gasteiger partial charge in [-0.2, -0.15) is 0 Å². The lowest BCUT2D eigenvalue weighted by atomic mass is 9.89. The first-order valence-electron chi connectivity index (χ1n) is 8.30. The molecule has 1 aliphatic rings. The topological polar surface area (TPSA) is 46.3 Å². The van der Waals surface area contributed by atoms with Gasteiger partial charge in [0.15, 0.2) is 0 Å². The molecule has 1 saturated heterocycles. The number of likely N-dealkylation sites (tertiary alicyclic amines) is 1. The van der Waals surface area contributed by atoms with E-state index in [0.29, 0.717) is 11.8 Å². The summed E-state index contributed by atoms with van der Waals surface area (Å²) in [6.07, 6.45) is 3.91. The molecule has 1 amide bonds. The first kappa shape index (κ1) is 17.5. The van der Waals surface area contributed by atoms with Crippen molar-refractivity contribution in [1.82, 2.24) is 4.90 Å². The van der Waals surface area contributed by atoms with Gasteiger partial charge in [0.05, 0.1) is 0 Å². The number of nitrogens with zero attached hydrogens (tertiary/aromatic N) is 1. The van der Waals surface area contributed by atoms with Crippen molar-refractivity contribution < 1.29 is 4.79 Å². The highest BCUT2D eigenvalue weighted by Crippen LogP contribution is 2.23. The highest BCUT2D eigenvalue weighted by atomic mass is 79.9. The molecular weight excluding hydrogens is 340 g/mol. The third-order valence-electron chi connectivity index (χ3n) is 4.73. The maximum Gasteiger partial charge on any atom is 0.226 e. The molecule has 1 aromatic carbocycles. The number of hydrogen-bond donors (Lipinski definition) is 1. The average Bonchev–Trinajstić information content (AvgIpc) is 2.52. The number of rotatable bonds is 5. The zero-order valence-electron chi connectivity index (χ0n) is 13.6. The molecule has 0 aliphatic carbocycles. The second-order valence-electron chi connectivity index (χ2n) is 6.48. The molecule has 1 aliphatic heterocycles. The predicted molar refractivity (Wildman–Crippen MR) is 94.6 cm³/mol. The summed E-state index contributed by atoms with van der Waals surface area (Å²) < 4.78 is 1.07. The van der Waals surface area contributed by atoms with Crippen molar-refractivity contribution in [1.29, 1.82) is 0 Å². The molecule has 0 aromatic heterocycles. The zero-order chi connectivity index (χ0) is 16.1. The molecule has 22 heavy (non-hydrogen) atoms. The molecule has 1 heterocycles. The molecule has 0 spiro atoms. The van der Waals surface area contributed by atoms with Crippen LogP contribution in [0, 0.1) is 11.8 Å². The highest BCUT2D eigenvalue weighted by Gasteiger charge is 2.29. The fraction of sp³-hybridized carbons (Fsp3) is 0.611. The van der Waals surface area contributed by atoms with Gasteiger partial charge in [-0.3, -0.25) is 4.79 Å². The van der Waals surface area contributed by atoms with E-state index in [0.717, 1.165) is 43.2 Å². The molecular formula is C18H27BrN2O. The standard InChI is InChI=1S/C18H27BrN2O/c1-3-15(10-14-6-4-8-17(19)11-14)18(22)21-9-5-7-16(12-21)13(2)20/h4,6,8,11,13,15-16H,3,5,7,9-10,12,20H2,1-2H3. The van der Waals surface area contributed by atoms with Crippen molar-refractivity contribution in [2.45, 2.75) is 45.6 Å². The number of nitrogens with two attached hydrogens (primary N) is 1. The van der Waals surface area contributed by atoms with Crippen molar-refractivity contribution in [3.05, 3.63) is 34.3 Å². The summed E-state index contributed by atoms with van der Waals surface area (Å²) in [5.74, 6) is 0.815. The number of piperidine rings is 1. The lowest BCUT2D eigenvalue weighted by Crippen LogP contribution is -2.47. The van der Waals surface area contributed by atoms with Gasteiger partial charge in [0.2, 0.25) is 5.91 Å². The van der Waals surface area contributed by atoms with E-state index in [-0.39, 0.29) is 12.0 Å². The van der Waals surface area contributed by atoms with Gasteiger partial charge in [-0.25, -0.2) is 0 Å². The van der Waals surface area contributed by atoms with Crippen molar-refractivity contribution in [3.63, 3.8) is 0 Å². The lowest BCUT2D eigenvalue weighted by Gasteiger charge is -2.36. The van der Waals surface area contributed by atoms with Crippen LogP contribution >= 0.6 is 15.9 Å². The van der Waals surface area contributed by atoms with Crippen LogP contribution in [0.15, 0.2) is 28.7 Å². The molecule has 3 nitrogen and oxygen atoms in total. The van der Waals surface area contributed by atoms with E-state index in [1.165, 1.54) is 5.56 Å². The largest absolute Gasteiger partial charge is 0.342 e. The Balaban J connectivity index is 2.02. The first-order chi connectivity index (χ1) is 10.5. The SMILES string of the molecule is CCC(Cc1cccc(Br)c1)C(=O)N1CCCC(C(C)N)C1. The number of benzene rings is 1. The molecule has 2 N–H and O–H groups in total. The number of carbonyl (C=O) groups is 1. The molecule has 1 aromatic rings. The normalized spacial score (nSPS) is 21.5. The fourth-order valence-corrected chi connectivity index (χ4v) is 3.70. The van der Waals surface area contributed by atoms with Gasteiger partial charge in [0.1, 0.15) is 0 Å². The Labute approximate surface area is 142 Å². The summed E-state index contributed by atoms with van der Waals surface area (Å²) in [6.45, 7) is 5.87. The summed E-state index contributed by atoms with van der Waals surface area (Å²) in [4.78, 5) is 14.9. The zero-order valence-corrected chi connectivity index (χ0v) is 15.2. The Bertz CT molecular complexity index is 504. The Morgan fingerprint density at radius 1 is 1.50 bits per heavy atom. The van der Waals surface area contributed by atoms with Crippen molar-refractivity contribution in [3.8, 4) is 0 Å². The van der Waals surface area contributed by atoms with Crippen LogP contribution in [0.3, 0.4) is 0 Å². The van der Waals surface area contributed by atoms with Crippen molar-refractivity contribution in [2.24, 2.45) is 17.6 Å². The van der Waals surface area contributed by atoms with Crippen LogP contribution in [0.4, 0.5) is 0 Å². The van der Waals surface area contributed by atoms with E-state index in [2.05, 4.69) is 41.9 Å². The molecule has 3 unspecified atom stereocenters. The summed E-state index contributed by atoms with van der Waals surface area (Å²) >= 11 is 3.50. The molecule has 0 saturated carbocycles. The van der Waals surface area contributed by atoms with Crippen LogP contribution < -0.4 is 5.73 Å². The summed E-state index contributed by atoms with van der Waals surface area (Å²) in [5, 5.41) is 0. The minimum atomic E-state index is 0.0705. The molecule has 0 radical (unpaired) electrons. The highest BCUT2D eigenvalue weighted by molar-refractivity contribution is 9.10. The quantitative estimate of drug-likeness (QED) is 0.864. The predicted octanol–water partition coefficient (Wildman–Crippen LogP) is 3.60.